The lowest BCUT2D eigenvalue weighted by Crippen LogP contribution is -1.91. The van der Waals surface area contributed by atoms with Gasteiger partial charge in [-0.15, -0.1) is 0 Å². The molecule has 82 valence electrons. The molecule has 0 aromatic heterocycles. The number of hydrogen-bond acceptors (Lipinski definition) is 0. The lowest BCUT2D eigenvalue weighted by Gasteiger charge is -2.13. The van der Waals surface area contributed by atoms with Crippen LogP contribution in [0.4, 0.5) is 0 Å². The summed E-state index contributed by atoms with van der Waals surface area (Å²) < 4.78 is 0. The molecule has 0 heterocycles. The summed E-state index contributed by atoms with van der Waals surface area (Å²) >= 11 is 3.73. The van der Waals surface area contributed by atoms with Crippen molar-refractivity contribution in [1.82, 2.24) is 0 Å². The lowest BCUT2D eigenvalue weighted by atomic mass is 9.97. The zero-order valence-electron chi connectivity index (χ0n) is 9.36. The molecule has 2 aromatic carbocycles. The van der Waals surface area contributed by atoms with Gasteiger partial charge < -0.3 is 0 Å². The summed E-state index contributed by atoms with van der Waals surface area (Å²) in [5.41, 5.74) is 3.99. The molecule has 0 amide bonds. The Morgan fingerprint density at radius 2 is 1.56 bits per heavy atom. The highest BCUT2D eigenvalue weighted by Crippen LogP contribution is 2.34. The van der Waals surface area contributed by atoms with Crippen LogP contribution in [-0.2, 0) is 0 Å². The third-order valence-corrected chi connectivity index (χ3v) is 3.88. The van der Waals surface area contributed by atoms with Crippen molar-refractivity contribution < 1.29 is 0 Å². The number of hydrogen-bond donors (Lipinski definition) is 0. The van der Waals surface area contributed by atoms with Gasteiger partial charge in [0.05, 0.1) is 0 Å². The minimum atomic E-state index is 0.434. The van der Waals surface area contributed by atoms with Gasteiger partial charge in [-0.1, -0.05) is 77.5 Å². The van der Waals surface area contributed by atoms with E-state index in [0.717, 1.165) is 6.42 Å². The van der Waals surface area contributed by atoms with Gasteiger partial charge in [0.25, 0.3) is 0 Å². The van der Waals surface area contributed by atoms with Crippen LogP contribution in [0.25, 0.3) is 11.1 Å². The summed E-state index contributed by atoms with van der Waals surface area (Å²) in [4.78, 5) is 0.434. The van der Waals surface area contributed by atoms with Gasteiger partial charge in [-0.3, -0.25) is 0 Å². The zero-order chi connectivity index (χ0) is 11.4. The van der Waals surface area contributed by atoms with Crippen molar-refractivity contribution in [2.45, 2.75) is 18.2 Å². The van der Waals surface area contributed by atoms with E-state index in [1.807, 2.05) is 0 Å². The van der Waals surface area contributed by atoms with E-state index in [4.69, 9.17) is 0 Å². The molecule has 0 aliphatic heterocycles. The van der Waals surface area contributed by atoms with E-state index < -0.39 is 0 Å². The molecule has 0 fully saturated rings. The fraction of sp³-hybridized carbons (Fsp3) is 0.200. The third kappa shape index (κ3) is 2.35. The lowest BCUT2D eigenvalue weighted by molar-refractivity contribution is 0.913. The van der Waals surface area contributed by atoms with Gasteiger partial charge in [-0.25, -0.2) is 0 Å². The summed E-state index contributed by atoms with van der Waals surface area (Å²) in [6.45, 7) is 2.20. The van der Waals surface area contributed by atoms with Gasteiger partial charge in [0, 0.05) is 4.83 Å². The molecule has 0 bridgehead atoms. The maximum Gasteiger partial charge on any atom is 0.0398 e. The van der Waals surface area contributed by atoms with Gasteiger partial charge in [0.15, 0.2) is 0 Å². The van der Waals surface area contributed by atoms with Crippen molar-refractivity contribution in [1.29, 1.82) is 0 Å². The van der Waals surface area contributed by atoms with Crippen molar-refractivity contribution in [3.05, 3.63) is 60.2 Å². The largest absolute Gasteiger partial charge is 0.0839 e. The SMILES string of the molecule is CCC(Br)c1ccccc1-c1ccccc1. The summed E-state index contributed by atoms with van der Waals surface area (Å²) in [7, 11) is 0. The minimum absolute atomic E-state index is 0.434. The van der Waals surface area contributed by atoms with E-state index in [0.29, 0.717) is 4.83 Å². The van der Waals surface area contributed by atoms with Crippen molar-refractivity contribution in [2.24, 2.45) is 0 Å². The molecule has 0 saturated carbocycles. The first-order valence-electron chi connectivity index (χ1n) is 5.61. The normalized spacial score (nSPS) is 12.4. The molecule has 16 heavy (non-hydrogen) atoms. The summed E-state index contributed by atoms with van der Waals surface area (Å²) in [6, 6.07) is 19.1. The van der Waals surface area contributed by atoms with Crippen LogP contribution in [0.5, 0.6) is 0 Å². The average Bonchev–Trinajstić information content (AvgIpc) is 2.39. The van der Waals surface area contributed by atoms with Crippen LogP contribution < -0.4 is 0 Å². The highest BCUT2D eigenvalue weighted by Gasteiger charge is 2.10. The van der Waals surface area contributed by atoms with Crippen molar-refractivity contribution >= 4 is 15.9 Å². The van der Waals surface area contributed by atoms with Crippen LogP contribution in [0.3, 0.4) is 0 Å². The van der Waals surface area contributed by atoms with E-state index in [-0.39, 0.29) is 0 Å². The van der Waals surface area contributed by atoms with Gasteiger partial charge in [0.2, 0.25) is 0 Å². The Bertz CT molecular complexity index is 448. The zero-order valence-corrected chi connectivity index (χ0v) is 10.9. The number of halogens is 1. The Kier molecular flexibility index (Phi) is 3.79. The van der Waals surface area contributed by atoms with Crippen LogP contribution in [0.15, 0.2) is 54.6 Å². The molecule has 2 rings (SSSR count). The molecule has 1 unspecified atom stereocenters. The summed E-state index contributed by atoms with van der Waals surface area (Å²) in [6.07, 6.45) is 1.10. The van der Waals surface area contributed by atoms with E-state index in [9.17, 15) is 0 Å². The van der Waals surface area contributed by atoms with E-state index in [1.54, 1.807) is 0 Å². The molecule has 0 nitrogen and oxygen atoms in total. The molecule has 0 N–H and O–H groups in total. The number of benzene rings is 2. The maximum absolute atomic E-state index is 3.73. The molecule has 0 radical (unpaired) electrons. The third-order valence-electron chi connectivity index (χ3n) is 2.74. The van der Waals surface area contributed by atoms with Crippen molar-refractivity contribution in [3.8, 4) is 11.1 Å². The minimum Gasteiger partial charge on any atom is -0.0839 e. The van der Waals surface area contributed by atoms with Crippen LogP contribution in [0.2, 0.25) is 0 Å². The van der Waals surface area contributed by atoms with Crippen LogP contribution in [-0.4, -0.2) is 0 Å². The second-order valence-corrected chi connectivity index (χ2v) is 4.93. The number of alkyl halides is 1. The molecule has 0 aliphatic carbocycles. The Morgan fingerprint density at radius 1 is 0.938 bits per heavy atom. The quantitative estimate of drug-likeness (QED) is 0.675. The molecule has 1 heteroatoms. The molecular weight excluding hydrogens is 260 g/mol. The molecule has 2 aromatic rings. The fourth-order valence-electron chi connectivity index (χ4n) is 1.87. The first-order valence-corrected chi connectivity index (χ1v) is 6.53. The van der Waals surface area contributed by atoms with E-state index in [2.05, 4.69) is 77.5 Å². The predicted molar refractivity (Wildman–Crippen MR) is 73.8 cm³/mol. The molecule has 1 atom stereocenters. The number of rotatable bonds is 3. The first-order chi connectivity index (χ1) is 7.83. The monoisotopic (exact) mass is 274 g/mol. The van der Waals surface area contributed by atoms with Crippen molar-refractivity contribution in [2.75, 3.05) is 0 Å². The van der Waals surface area contributed by atoms with Gasteiger partial charge in [0.1, 0.15) is 0 Å². The molecule has 0 saturated heterocycles. The van der Waals surface area contributed by atoms with Gasteiger partial charge in [-0.2, -0.15) is 0 Å². The van der Waals surface area contributed by atoms with E-state index >= 15 is 0 Å². The average molecular weight is 275 g/mol. The van der Waals surface area contributed by atoms with Crippen LogP contribution >= 0.6 is 15.9 Å². The summed E-state index contributed by atoms with van der Waals surface area (Å²) in [5, 5.41) is 0. The van der Waals surface area contributed by atoms with Gasteiger partial charge in [-0.05, 0) is 23.1 Å². The molecule has 0 aliphatic rings. The molecular formula is C15H15Br. The molecule has 0 spiro atoms. The Morgan fingerprint density at radius 3 is 2.25 bits per heavy atom. The highest BCUT2D eigenvalue weighted by molar-refractivity contribution is 9.09. The maximum atomic E-state index is 3.73. The Balaban J connectivity index is 2.49. The second-order valence-electron chi connectivity index (χ2n) is 3.83. The second kappa shape index (κ2) is 5.31. The van der Waals surface area contributed by atoms with Crippen LogP contribution in [0.1, 0.15) is 23.7 Å². The Labute approximate surface area is 105 Å². The fourth-order valence-corrected chi connectivity index (χ4v) is 2.27. The van der Waals surface area contributed by atoms with Gasteiger partial charge >= 0.3 is 0 Å². The first kappa shape index (κ1) is 11.4. The summed E-state index contributed by atoms with van der Waals surface area (Å²) in [5.74, 6) is 0. The predicted octanol–water partition coefficient (Wildman–Crippen LogP) is 5.20. The Hall–Kier alpha value is -1.08. The highest BCUT2D eigenvalue weighted by atomic mass is 79.9. The topological polar surface area (TPSA) is 0 Å². The smallest absolute Gasteiger partial charge is 0.0398 e. The van der Waals surface area contributed by atoms with Crippen LogP contribution in [0, 0.1) is 0 Å². The standard InChI is InChI=1S/C15H15Br/c1-2-15(16)14-11-7-6-10-13(14)12-8-4-3-5-9-12/h3-11,15H,2H2,1H3. The van der Waals surface area contributed by atoms with Crippen molar-refractivity contribution in [3.63, 3.8) is 0 Å². The van der Waals surface area contributed by atoms with E-state index in [1.165, 1.54) is 16.7 Å².